The van der Waals surface area contributed by atoms with Crippen LogP contribution in [0, 0.1) is 0 Å². The molecule has 2 aromatic rings. The van der Waals surface area contributed by atoms with E-state index in [-0.39, 0.29) is 23.6 Å². The first kappa shape index (κ1) is 16.3. The van der Waals surface area contributed by atoms with Gasteiger partial charge in [-0.05, 0) is 24.3 Å². The Balaban J connectivity index is 1.90. The van der Waals surface area contributed by atoms with E-state index in [1.165, 1.54) is 18.2 Å². The highest BCUT2D eigenvalue weighted by molar-refractivity contribution is 5.62. The van der Waals surface area contributed by atoms with Crippen molar-refractivity contribution in [2.24, 2.45) is 0 Å². The van der Waals surface area contributed by atoms with Crippen molar-refractivity contribution in [2.45, 2.75) is 6.18 Å². The number of rotatable bonds is 5. The summed E-state index contributed by atoms with van der Waals surface area (Å²) >= 11 is 0. The molecule has 0 saturated carbocycles. The molecule has 1 aliphatic rings. The predicted octanol–water partition coefficient (Wildman–Crippen LogP) is 1.34. The summed E-state index contributed by atoms with van der Waals surface area (Å²) in [5.74, 6) is 5.13. The molecule has 0 spiro atoms. The van der Waals surface area contributed by atoms with E-state index < -0.39 is 17.3 Å². The van der Waals surface area contributed by atoms with Crippen molar-refractivity contribution in [2.75, 3.05) is 32.1 Å². The highest BCUT2D eigenvalue weighted by atomic mass is 19.4. The molecule has 0 atom stereocenters. The number of hydrogen-bond acceptors (Lipinski definition) is 5. The van der Waals surface area contributed by atoms with Crippen molar-refractivity contribution >= 4 is 0 Å². The van der Waals surface area contributed by atoms with Crippen molar-refractivity contribution < 1.29 is 17.9 Å². The van der Waals surface area contributed by atoms with Crippen LogP contribution in [0.4, 0.5) is 13.2 Å². The van der Waals surface area contributed by atoms with Crippen LogP contribution in [0.5, 0.6) is 5.75 Å². The fourth-order valence-electron chi connectivity index (χ4n) is 2.19. The number of benzene rings is 1. The third-order valence-corrected chi connectivity index (χ3v) is 3.61. The van der Waals surface area contributed by atoms with Crippen molar-refractivity contribution in [3.63, 3.8) is 0 Å². The van der Waals surface area contributed by atoms with Gasteiger partial charge >= 0.3 is 6.18 Å². The molecule has 2 heterocycles. The average Bonchev–Trinajstić information content (AvgIpc) is 3.33. The van der Waals surface area contributed by atoms with Crippen molar-refractivity contribution in [1.82, 2.24) is 14.8 Å². The van der Waals surface area contributed by atoms with E-state index in [1.807, 2.05) is 0 Å². The maximum absolute atomic E-state index is 13.3. The zero-order valence-corrected chi connectivity index (χ0v) is 12.6. The van der Waals surface area contributed by atoms with E-state index >= 15 is 0 Å². The van der Waals surface area contributed by atoms with E-state index in [9.17, 15) is 18.0 Å². The lowest BCUT2D eigenvalue weighted by Gasteiger charge is -2.15. The monoisotopic (exact) mass is 340 g/mol. The Hall–Kier alpha value is -2.55. The van der Waals surface area contributed by atoms with Gasteiger partial charge in [-0.1, -0.05) is 0 Å². The van der Waals surface area contributed by atoms with Crippen LogP contribution in [0.25, 0.3) is 11.3 Å². The van der Waals surface area contributed by atoms with Gasteiger partial charge in [-0.3, -0.25) is 9.69 Å². The van der Waals surface area contributed by atoms with Crippen LogP contribution in [-0.4, -0.2) is 41.0 Å². The molecule has 128 valence electrons. The molecule has 24 heavy (non-hydrogen) atoms. The normalized spacial score (nSPS) is 14.6. The number of hydrogen-bond donors (Lipinski definition) is 1. The van der Waals surface area contributed by atoms with Gasteiger partial charge in [0.05, 0.1) is 11.3 Å². The van der Waals surface area contributed by atoms with Crippen LogP contribution < -0.4 is 16.1 Å². The largest absolute Gasteiger partial charge is 0.492 e. The Morgan fingerprint density at radius 2 is 1.96 bits per heavy atom. The van der Waals surface area contributed by atoms with E-state index in [0.29, 0.717) is 11.3 Å². The molecule has 6 nitrogen and oxygen atoms in total. The third kappa shape index (κ3) is 3.67. The number of nitrogen functional groups attached to an aromatic ring is 1. The lowest BCUT2D eigenvalue weighted by atomic mass is 10.1. The molecule has 0 radical (unpaired) electrons. The lowest BCUT2D eigenvalue weighted by Crippen LogP contribution is -2.29. The van der Waals surface area contributed by atoms with Gasteiger partial charge in [0.2, 0.25) is 0 Å². The van der Waals surface area contributed by atoms with Crippen LogP contribution in [0.15, 0.2) is 35.1 Å². The molecule has 2 N–H and O–H groups in total. The number of nitrogens with zero attached hydrogens (tertiary/aromatic N) is 3. The summed E-state index contributed by atoms with van der Waals surface area (Å²) in [4.78, 5) is 13.9. The fraction of sp³-hybridized carbons (Fsp3) is 0.333. The second-order valence-corrected chi connectivity index (χ2v) is 5.40. The summed E-state index contributed by atoms with van der Waals surface area (Å²) in [5, 5.41) is 3.76. The Kier molecular flexibility index (Phi) is 4.18. The first-order chi connectivity index (χ1) is 11.3. The Morgan fingerprint density at radius 1 is 1.21 bits per heavy atom. The van der Waals surface area contributed by atoms with Crippen molar-refractivity contribution in [3.05, 3.63) is 46.2 Å². The van der Waals surface area contributed by atoms with Gasteiger partial charge in [0.15, 0.2) is 0 Å². The summed E-state index contributed by atoms with van der Waals surface area (Å²) in [6.07, 6.45) is -4.57. The second-order valence-electron chi connectivity index (χ2n) is 5.40. The molecule has 1 saturated heterocycles. The Labute approximate surface area is 135 Å². The average molecular weight is 340 g/mol. The lowest BCUT2D eigenvalue weighted by molar-refractivity contribution is -0.138. The Bertz CT molecular complexity index is 800. The first-order valence-electron chi connectivity index (χ1n) is 7.27. The molecule has 1 aromatic heterocycles. The first-order valence-corrected chi connectivity index (χ1v) is 7.27. The molecule has 0 bridgehead atoms. The van der Waals surface area contributed by atoms with Gasteiger partial charge in [-0.25, -0.2) is 0 Å². The fourth-order valence-corrected chi connectivity index (χ4v) is 2.19. The van der Waals surface area contributed by atoms with Crippen molar-refractivity contribution in [1.29, 1.82) is 0 Å². The van der Waals surface area contributed by atoms with Gasteiger partial charge < -0.3 is 10.6 Å². The maximum Gasteiger partial charge on any atom is 0.419 e. The highest BCUT2D eigenvalue weighted by Gasteiger charge is 2.35. The van der Waals surface area contributed by atoms with Gasteiger partial charge in [0, 0.05) is 31.3 Å². The standard InChI is InChI=1S/C15H15F3N4O2/c16-15(17,18)11-9-10(12-2-4-14(23)22(19)20-12)1-3-13(11)24-8-7-21-5-6-21/h1-4,9H,5-8,19H2. The summed E-state index contributed by atoms with van der Waals surface area (Å²) < 4.78 is 45.2. The van der Waals surface area contributed by atoms with Gasteiger partial charge in [-0.15, -0.1) is 9.89 Å². The second kappa shape index (κ2) is 6.16. The SMILES string of the molecule is Nn1nc(-c2ccc(OCCN3CC3)c(C(F)(F)F)c2)ccc1=O. The van der Waals surface area contributed by atoms with E-state index in [0.717, 1.165) is 25.2 Å². The van der Waals surface area contributed by atoms with Gasteiger partial charge in [-0.2, -0.15) is 13.2 Å². The minimum absolute atomic E-state index is 0.165. The summed E-state index contributed by atoms with van der Waals surface area (Å²) in [5.41, 5.74) is -1.08. The van der Waals surface area contributed by atoms with Crippen LogP contribution in [0.3, 0.4) is 0 Å². The number of aromatic nitrogens is 2. The molecule has 1 fully saturated rings. The van der Waals surface area contributed by atoms with Gasteiger partial charge in [0.25, 0.3) is 5.56 Å². The third-order valence-electron chi connectivity index (χ3n) is 3.61. The van der Waals surface area contributed by atoms with Crippen LogP contribution in [-0.2, 0) is 6.18 Å². The molecular formula is C15H15F3N4O2. The molecule has 9 heteroatoms. The van der Waals surface area contributed by atoms with Crippen LogP contribution >= 0.6 is 0 Å². The molecule has 0 amide bonds. The number of halogens is 3. The van der Waals surface area contributed by atoms with Crippen LogP contribution in [0.2, 0.25) is 0 Å². The van der Waals surface area contributed by atoms with E-state index in [1.54, 1.807) is 0 Å². The topological polar surface area (TPSA) is 73.2 Å². The van der Waals surface area contributed by atoms with E-state index in [4.69, 9.17) is 10.6 Å². The van der Waals surface area contributed by atoms with Gasteiger partial charge in [0.1, 0.15) is 12.4 Å². The number of nitrogens with two attached hydrogens (primary N) is 1. The highest BCUT2D eigenvalue weighted by Crippen LogP contribution is 2.38. The maximum atomic E-state index is 13.3. The Morgan fingerprint density at radius 3 is 2.58 bits per heavy atom. The summed E-state index contributed by atoms with van der Waals surface area (Å²) in [6, 6.07) is 6.12. The molecule has 1 aliphatic heterocycles. The quantitative estimate of drug-likeness (QED) is 0.657. The molecule has 1 aromatic carbocycles. The van der Waals surface area contributed by atoms with E-state index in [2.05, 4.69) is 10.00 Å². The summed E-state index contributed by atoms with van der Waals surface area (Å²) in [7, 11) is 0. The molecule has 3 rings (SSSR count). The number of alkyl halides is 3. The summed E-state index contributed by atoms with van der Waals surface area (Å²) in [6.45, 7) is 2.69. The predicted molar refractivity (Wildman–Crippen MR) is 81.0 cm³/mol. The minimum atomic E-state index is -4.57. The zero-order valence-electron chi connectivity index (χ0n) is 12.6. The zero-order chi connectivity index (χ0) is 17.3. The van der Waals surface area contributed by atoms with Crippen molar-refractivity contribution in [3.8, 4) is 17.0 Å². The van der Waals surface area contributed by atoms with Crippen LogP contribution in [0.1, 0.15) is 5.56 Å². The smallest absolute Gasteiger partial charge is 0.419 e. The molecular weight excluding hydrogens is 325 g/mol. The number of ether oxygens (including phenoxy) is 1. The molecule has 0 unspecified atom stereocenters. The minimum Gasteiger partial charge on any atom is -0.492 e. The molecule has 0 aliphatic carbocycles.